The minimum atomic E-state index is -3.03. The summed E-state index contributed by atoms with van der Waals surface area (Å²) in [7, 11) is -3.03. The first kappa shape index (κ1) is 15.7. The molecule has 0 saturated heterocycles. The zero-order valence-electron chi connectivity index (χ0n) is 12.3. The Morgan fingerprint density at radius 3 is 1.67 bits per heavy atom. The van der Waals surface area contributed by atoms with E-state index < -0.39 is 13.3 Å². The highest BCUT2D eigenvalue weighted by Crippen LogP contribution is 2.39. The van der Waals surface area contributed by atoms with E-state index in [-0.39, 0.29) is 5.92 Å². The lowest BCUT2D eigenvalue weighted by Crippen LogP contribution is -2.39. The normalized spacial score (nSPS) is 13.1. The topological polar surface area (TPSA) is 46.2 Å². The lowest BCUT2D eigenvalue weighted by Gasteiger charge is -2.26. The highest BCUT2D eigenvalue weighted by molar-refractivity contribution is 7.77. The van der Waals surface area contributed by atoms with E-state index in [0.29, 0.717) is 10.6 Å². The second kappa shape index (κ2) is 6.84. The Morgan fingerprint density at radius 1 is 0.905 bits per heavy atom. The standard InChI is InChI=1S/C17H20NO2P/c1-14(2)17(13-19)18-21(20,15-9-5-3-6-10-15)16-11-7-4-8-12-16/h3-14,17H,1-2H3,(H,18,20)/t17-/m1/s1. The van der Waals surface area contributed by atoms with Gasteiger partial charge in [0.2, 0.25) is 7.29 Å². The Kier molecular flexibility index (Phi) is 5.11. The van der Waals surface area contributed by atoms with Crippen molar-refractivity contribution in [1.29, 1.82) is 0 Å². The van der Waals surface area contributed by atoms with Gasteiger partial charge in [0, 0.05) is 10.6 Å². The van der Waals surface area contributed by atoms with E-state index in [4.69, 9.17) is 0 Å². The molecule has 0 spiro atoms. The van der Waals surface area contributed by atoms with E-state index in [1.54, 1.807) is 0 Å². The van der Waals surface area contributed by atoms with Crippen LogP contribution in [0.1, 0.15) is 13.8 Å². The molecule has 0 aliphatic heterocycles. The van der Waals surface area contributed by atoms with Crippen LogP contribution in [0.3, 0.4) is 0 Å². The summed E-state index contributed by atoms with van der Waals surface area (Å²) in [5.41, 5.74) is 0. The lowest BCUT2D eigenvalue weighted by molar-refractivity contribution is -0.110. The van der Waals surface area contributed by atoms with Crippen LogP contribution in [0, 0.1) is 5.92 Å². The highest BCUT2D eigenvalue weighted by Gasteiger charge is 2.30. The molecular weight excluding hydrogens is 281 g/mol. The van der Waals surface area contributed by atoms with Crippen LogP contribution in [-0.4, -0.2) is 12.3 Å². The molecule has 4 heteroatoms. The first-order valence-electron chi connectivity index (χ1n) is 7.02. The molecule has 2 aromatic rings. The van der Waals surface area contributed by atoms with E-state index in [1.165, 1.54) is 0 Å². The molecular formula is C17H20NO2P. The quantitative estimate of drug-likeness (QED) is 0.659. The molecule has 2 aromatic carbocycles. The van der Waals surface area contributed by atoms with Gasteiger partial charge in [0.1, 0.15) is 6.29 Å². The zero-order chi connectivity index (χ0) is 15.3. The SMILES string of the molecule is CC(C)[C@@H](C=O)NP(=O)(c1ccccc1)c1ccccc1. The van der Waals surface area contributed by atoms with E-state index in [0.717, 1.165) is 6.29 Å². The Morgan fingerprint density at radius 2 is 1.33 bits per heavy atom. The predicted molar refractivity (Wildman–Crippen MR) is 87.6 cm³/mol. The summed E-state index contributed by atoms with van der Waals surface area (Å²) in [4.78, 5) is 11.3. The van der Waals surface area contributed by atoms with Crippen LogP contribution in [0.4, 0.5) is 0 Å². The molecule has 0 radical (unpaired) electrons. The Hall–Kier alpha value is -1.70. The molecule has 0 heterocycles. The van der Waals surface area contributed by atoms with Gasteiger partial charge in [-0.05, 0) is 30.2 Å². The Bertz CT molecular complexity index is 582. The molecule has 0 aliphatic carbocycles. The lowest BCUT2D eigenvalue weighted by atomic mass is 10.1. The molecule has 110 valence electrons. The van der Waals surface area contributed by atoms with Gasteiger partial charge in [-0.3, -0.25) is 4.57 Å². The smallest absolute Gasteiger partial charge is 0.205 e. The van der Waals surface area contributed by atoms with Gasteiger partial charge in [-0.15, -0.1) is 0 Å². The van der Waals surface area contributed by atoms with Gasteiger partial charge in [0.05, 0.1) is 6.04 Å². The van der Waals surface area contributed by atoms with Gasteiger partial charge < -0.3 is 4.79 Å². The van der Waals surface area contributed by atoms with Gasteiger partial charge in [-0.25, -0.2) is 5.09 Å². The van der Waals surface area contributed by atoms with Crippen molar-refractivity contribution < 1.29 is 9.36 Å². The number of carbonyl (C=O) groups excluding carboxylic acids is 1. The fourth-order valence-corrected chi connectivity index (χ4v) is 4.68. The largest absolute Gasteiger partial charge is 0.302 e. The second-order valence-corrected chi connectivity index (χ2v) is 7.82. The number of nitrogens with one attached hydrogen (secondary N) is 1. The summed E-state index contributed by atoms with van der Waals surface area (Å²) >= 11 is 0. The third-order valence-electron chi connectivity index (χ3n) is 3.44. The average molecular weight is 301 g/mol. The van der Waals surface area contributed by atoms with Crippen molar-refractivity contribution in [1.82, 2.24) is 5.09 Å². The van der Waals surface area contributed by atoms with Gasteiger partial charge in [-0.1, -0.05) is 50.2 Å². The fraction of sp³-hybridized carbons (Fsp3) is 0.235. The van der Waals surface area contributed by atoms with Gasteiger partial charge in [-0.2, -0.15) is 0 Å². The molecule has 0 bridgehead atoms. The maximum absolute atomic E-state index is 13.6. The first-order chi connectivity index (χ1) is 10.1. The number of carbonyl (C=O) groups is 1. The van der Waals surface area contributed by atoms with Crippen molar-refractivity contribution in [3.8, 4) is 0 Å². The van der Waals surface area contributed by atoms with Crippen LogP contribution in [0.2, 0.25) is 0 Å². The highest BCUT2D eigenvalue weighted by atomic mass is 31.2. The molecule has 0 aliphatic rings. The molecule has 0 fully saturated rings. The first-order valence-corrected chi connectivity index (χ1v) is 8.73. The van der Waals surface area contributed by atoms with E-state index in [1.807, 2.05) is 74.5 Å². The molecule has 1 N–H and O–H groups in total. The molecule has 0 aromatic heterocycles. The number of rotatable bonds is 6. The monoisotopic (exact) mass is 301 g/mol. The van der Waals surface area contributed by atoms with E-state index in [2.05, 4.69) is 5.09 Å². The summed E-state index contributed by atoms with van der Waals surface area (Å²) in [5, 5.41) is 4.52. The molecule has 3 nitrogen and oxygen atoms in total. The maximum atomic E-state index is 13.6. The summed E-state index contributed by atoms with van der Waals surface area (Å²) in [6, 6.07) is 18.1. The third kappa shape index (κ3) is 3.49. The summed E-state index contributed by atoms with van der Waals surface area (Å²) in [6.45, 7) is 3.87. The fourth-order valence-electron chi connectivity index (χ4n) is 2.12. The Labute approximate surface area is 125 Å². The number of hydrogen-bond acceptors (Lipinski definition) is 2. The number of aldehydes is 1. The van der Waals surface area contributed by atoms with Crippen molar-refractivity contribution in [3.05, 3.63) is 60.7 Å². The molecule has 0 amide bonds. The summed E-state index contributed by atoms with van der Waals surface area (Å²) in [6.07, 6.45) is 0.837. The maximum Gasteiger partial charge on any atom is 0.205 e. The molecule has 21 heavy (non-hydrogen) atoms. The zero-order valence-corrected chi connectivity index (χ0v) is 13.2. The van der Waals surface area contributed by atoms with Crippen LogP contribution in [0.15, 0.2) is 60.7 Å². The minimum Gasteiger partial charge on any atom is -0.302 e. The van der Waals surface area contributed by atoms with Crippen LogP contribution in [0.25, 0.3) is 0 Å². The molecule has 2 rings (SSSR count). The van der Waals surface area contributed by atoms with Gasteiger partial charge >= 0.3 is 0 Å². The second-order valence-electron chi connectivity index (χ2n) is 5.32. The summed E-state index contributed by atoms with van der Waals surface area (Å²) in [5.74, 6) is 0.0725. The van der Waals surface area contributed by atoms with Crippen molar-refractivity contribution >= 4 is 24.2 Å². The van der Waals surface area contributed by atoms with Crippen molar-refractivity contribution in [2.75, 3.05) is 0 Å². The average Bonchev–Trinajstić information content (AvgIpc) is 2.53. The van der Waals surface area contributed by atoms with Crippen LogP contribution < -0.4 is 15.7 Å². The summed E-state index contributed by atoms with van der Waals surface area (Å²) < 4.78 is 13.6. The molecule has 0 saturated carbocycles. The molecule has 0 unspecified atom stereocenters. The van der Waals surface area contributed by atoms with E-state index in [9.17, 15) is 9.36 Å². The Balaban J connectivity index is 2.50. The molecule has 1 atom stereocenters. The van der Waals surface area contributed by atoms with Crippen LogP contribution in [-0.2, 0) is 9.36 Å². The van der Waals surface area contributed by atoms with Crippen molar-refractivity contribution in [3.63, 3.8) is 0 Å². The number of benzene rings is 2. The minimum absolute atomic E-state index is 0.0725. The van der Waals surface area contributed by atoms with E-state index >= 15 is 0 Å². The van der Waals surface area contributed by atoms with Crippen molar-refractivity contribution in [2.45, 2.75) is 19.9 Å². The van der Waals surface area contributed by atoms with Crippen LogP contribution >= 0.6 is 7.29 Å². The number of hydrogen-bond donors (Lipinski definition) is 1. The van der Waals surface area contributed by atoms with Gasteiger partial charge in [0.15, 0.2) is 0 Å². The van der Waals surface area contributed by atoms with Crippen LogP contribution in [0.5, 0.6) is 0 Å². The predicted octanol–water partition coefficient (Wildman–Crippen LogP) is 2.73. The van der Waals surface area contributed by atoms with Gasteiger partial charge in [0.25, 0.3) is 0 Å². The van der Waals surface area contributed by atoms with Crippen molar-refractivity contribution in [2.24, 2.45) is 5.92 Å². The third-order valence-corrected chi connectivity index (χ3v) is 6.15.